The highest BCUT2D eigenvalue weighted by molar-refractivity contribution is 7.92. The number of carbonyl (C=O) groups is 1. The minimum absolute atomic E-state index is 0.0832. The quantitative estimate of drug-likeness (QED) is 0.415. The van der Waals surface area contributed by atoms with Crippen molar-refractivity contribution in [2.75, 3.05) is 16.9 Å². The van der Waals surface area contributed by atoms with Crippen LogP contribution in [0.4, 0.5) is 11.4 Å². The molecule has 0 aliphatic rings. The highest BCUT2D eigenvalue weighted by Gasteiger charge is 2.28. The van der Waals surface area contributed by atoms with E-state index in [1.165, 1.54) is 13.2 Å². The van der Waals surface area contributed by atoms with Crippen LogP contribution in [0.15, 0.2) is 102 Å². The van der Waals surface area contributed by atoms with E-state index < -0.39 is 10.0 Å². The lowest BCUT2D eigenvalue weighted by Gasteiger charge is -2.22. The van der Waals surface area contributed by atoms with E-state index in [1.807, 2.05) is 30.3 Å². The summed E-state index contributed by atoms with van der Waals surface area (Å²) in [5, 5.41) is 4.02. The van der Waals surface area contributed by atoms with Gasteiger partial charge in [0.05, 0.1) is 24.1 Å². The van der Waals surface area contributed by atoms with Crippen LogP contribution >= 0.6 is 0 Å². The molecule has 0 radical (unpaired) electrons. The molecular formula is C25H22N2O4S. The SMILES string of the molecule is CON(c1ccccc1)S(=O)(=O)c1ccc(NC(=O)Cc2ccccc2)c2ccccc12. The first-order valence-electron chi connectivity index (χ1n) is 10.0. The Kier molecular flexibility index (Phi) is 6.20. The predicted octanol–water partition coefficient (Wildman–Crippen LogP) is 4.78. The zero-order valence-electron chi connectivity index (χ0n) is 17.4. The number of benzene rings is 4. The van der Waals surface area contributed by atoms with E-state index >= 15 is 0 Å². The van der Waals surface area contributed by atoms with Crippen LogP contribution in [0.2, 0.25) is 0 Å². The van der Waals surface area contributed by atoms with Gasteiger partial charge in [-0.3, -0.25) is 9.63 Å². The summed E-state index contributed by atoms with van der Waals surface area (Å²) in [5.41, 5.74) is 1.83. The number of hydrogen-bond acceptors (Lipinski definition) is 4. The summed E-state index contributed by atoms with van der Waals surface area (Å²) in [6, 6.07) is 28.2. The van der Waals surface area contributed by atoms with Gasteiger partial charge in [0.2, 0.25) is 5.91 Å². The number of sulfonamides is 1. The van der Waals surface area contributed by atoms with Crippen LogP contribution in [0.1, 0.15) is 5.56 Å². The van der Waals surface area contributed by atoms with E-state index in [9.17, 15) is 13.2 Å². The highest BCUT2D eigenvalue weighted by atomic mass is 32.2. The molecule has 32 heavy (non-hydrogen) atoms. The molecule has 6 nitrogen and oxygen atoms in total. The molecule has 0 heterocycles. The molecule has 0 spiro atoms. The van der Waals surface area contributed by atoms with Crippen LogP contribution in [-0.4, -0.2) is 21.4 Å². The number of fused-ring (bicyclic) bond motifs is 1. The Labute approximate surface area is 187 Å². The van der Waals surface area contributed by atoms with E-state index in [0.29, 0.717) is 22.1 Å². The molecule has 1 amide bonds. The molecule has 0 saturated heterocycles. The van der Waals surface area contributed by atoms with Gasteiger partial charge in [-0.1, -0.05) is 72.8 Å². The minimum atomic E-state index is -4.03. The molecule has 4 rings (SSSR count). The van der Waals surface area contributed by atoms with Gasteiger partial charge in [-0.25, -0.2) is 0 Å². The maximum Gasteiger partial charge on any atom is 0.287 e. The number of nitrogens with one attached hydrogen (secondary N) is 1. The maximum absolute atomic E-state index is 13.5. The number of para-hydroxylation sites is 1. The summed E-state index contributed by atoms with van der Waals surface area (Å²) in [6.07, 6.45) is 0.223. The number of rotatable bonds is 7. The van der Waals surface area contributed by atoms with Crippen molar-refractivity contribution in [3.63, 3.8) is 0 Å². The Morgan fingerprint density at radius 3 is 2.06 bits per heavy atom. The second kappa shape index (κ2) is 9.21. The molecule has 0 aliphatic carbocycles. The van der Waals surface area contributed by atoms with Crippen molar-refractivity contribution < 1.29 is 18.0 Å². The van der Waals surface area contributed by atoms with E-state index in [2.05, 4.69) is 5.32 Å². The molecule has 0 aliphatic heterocycles. The molecule has 4 aromatic rings. The molecule has 1 N–H and O–H groups in total. The van der Waals surface area contributed by atoms with Crippen molar-refractivity contribution in [3.8, 4) is 0 Å². The van der Waals surface area contributed by atoms with Crippen molar-refractivity contribution in [1.82, 2.24) is 0 Å². The Morgan fingerprint density at radius 2 is 1.41 bits per heavy atom. The zero-order valence-corrected chi connectivity index (χ0v) is 18.2. The van der Waals surface area contributed by atoms with Gasteiger partial charge in [-0.2, -0.15) is 8.42 Å². The van der Waals surface area contributed by atoms with E-state index in [4.69, 9.17) is 4.84 Å². The lowest BCUT2D eigenvalue weighted by atomic mass is 10.1. The van der Waals surface area contributed by atoms with Gasteiger partial charge in [-0.15, -0.1) is 4.47 Å². The first-order chi connectivity index (χ1) is 15.5. The maximum atomic E-state index is 13.5. The summed E-state index contributed by atoms with van der Waals surface area (Å²) in [5.74, 6) is -0.181. The standard InChI is InChI=1S/C25H22N2O4S/c1-31-27(20-12-6-3-7-13-20)32(29,30)24-17-16-23(21-14-8-9-15-22(21)24)26-25(28)18-19-10-4-2-5-11-19/h2-17H,18H2,1H3,(H,26,28). The Balaban J connectivity index is 1.71. The summed E-state index contributed by atoms with van der Waals surface area (Å²) in [4.78, 5) is 17.9. The monoisotopic (exact) mass is 446 g/mol. The third-order valence-corrected chi connectivity index (χ3v) is 6.70. The van der Waals surface area contributed by atoms with Crippen LogP contribution in [0, 0.1) is 0 Å². The normalized spacial score (nSPS) is 11.3. The van der Waals surface area contributed by atoms with Gasteiger partial charge in [0.25, 0.3) is 10.0 Å². The van der Waals surface area contributed by atoms with Gasteiger partial charge in [0.1, 0.15) is 0 Å². The molecule has 4 aromatic carbocycles. The Hall–Kier alpha value is -3.68. The average Bonchev–Trinajstić information content (AvgIpc) is 2.81. The van der Waals surface area contributed by atoms with Gasteiger partial charge < -0.3 is 5.32 Å². The smallest absolute Gasteiger partial charge is 0.287 e. The number of nitrogens with zero attached hydrogens (tertiary/aromatic N) is 1. The van der Waals surface area contributed by atoms with E-state index in [-0.39, 0.29) is 17.2 Å². The molecule has 0 atom stereocenters. The Bertz CT molecular complexity index is 1340. The summed E-state index contributed by atoms with van der Waals surface area (Å²) in [7, 11) is -2.72. The fraction of sp³-hybridized carbons (Fsp3) is 0.0800. The summed E-state index contributed by atoms with van der Waals surface area (Å²) < 4.78 is 27.8. The number of carbonyl (C=O) groups excluding carboxylic acids is 1. The van der Waals surface area contributed by atoms with Crippen molar-refractivity contribution in [1.29, 1.82) is 0 Å². The molecule has 0 saturated carbocycles. The summed E-state index contributed by atoms with van der Waals surface area (Å²) in [6.45, 7) is 0. The van der Waals surface area contributed by atoms with Crippen molar-refractivity contribution in [2.45, 2.75) is 11.3 Å². The van der Waals surface area contributed by atoms with Crippen molar-refractivity contribution >= 4 is 38.1 Å². The van der Waals surface area contributed by atoms with Crippen LogP contribution in [0.5, 0.6) is 0 Å². The number of hydrogen-bond donors (Lipinski definition) is 1. The molecule has 7 heteroatoms. The lowest BCUT2D eigenvalue weighted by molar-refractivity contribution is -0.115. The van der Waals surface area contributed by atoms with Gasteiger partial charge in [-0.05, 0) is 29.8 Å². The fourth-order valence-electron chi connectivity index (χ4n) is 3.56. The molecule has 0 unspecified atom stereocenters. The minimum Gasteiger partial charge on any atom is -0.325 e. The van der Waals surface area contributed by atoms with Gasteiger partial charge in [0, 0.05) is 16.5 Å². The average molecular weight is 447 g/mol. The summed E-state index contributed by atoms with van der Waals surface area (Å²) >= 11 is 0. The lowest BCUT2D eigenvalue weighted by Crippen LogP contribution is -2.30. The van der Waals surface area contributed by atoms with Crippen molar-refractivity contribution in [3.05, 3.63) is 103 Å². The van der Waals surface area contributed by atoms with E-state index in [1.54, 1.807) is 60.7 Å². The van der Waals surface area contributed by atoms with Crippen molar-refractivity contribution in [2.24, 2.45) is 0 Å². The predicted molar refractivity (Wildman–Crippen MR) is 126 cm³/mol. The van der Waals surface area contributed by atoms with Crippen LogP contribution in [0.25, 0.3) is 10.8 Å². The van der Waals surface area contributed by atoms with Crippen LogP contribution in [-0.2, 0) is 26.1 Å². The topological polar surface area (TPSA) is 75.7 Å². The molecule has 0 fully saturated rings. The molecule has 0 aromatic heterocycles. The first kappa shape index (κ1) is 21.5. The number of anilines is 2. The highest BCUT2D eigenvalue weighted by Crippen LogP contribution is 2.33. The second-order valence-electron chi connectivity index (χ2n) is 7.12. The van der Waals surface area contributed by atoms with Gasteiger partial charge in [0.15, 0.2) is 0 Å². The van der Waals surface area contributed by atoms with Crippen LogP contribution < -0.4 is 9.79 Å². The number of amides is 1. The largest absolute Gasteiger partial charge is 0.325 e. The zero-order chi connectivity index (χ0) is 22.6. The van der Waals surface area contributed by atoms with Gasteiger partial charge >= 0.3 is 0 Å². The third-order valence-electron chi connectivity index (χ3n) is 4.99. The van der Waals surface area contributed by atoms with E-state index in [0.717, 1.165) is 10.0 Å². The third kappa shape index (κ3) is 4.34. The molecule has 162 valence electrons. The first-order valence-corrected chi connectivity index (χ1v) is 11.4. The molecular weight excluding hydrogens is 424 g/mol. The van der Waals surface area contributed by atoms with Crippen LogP contribution in [0.3, 0.4) is 0 Å². The molecule has 0 bridgehead atoms. The fourth-order valence-corrected chi connectivity index (χ4v) is 5.03. The Morgan fingerprint density at radius 1 is 0.812 bits per heavy atom. The second-order valence-corrected chi connectivity index (χ2v) is 8.84.